The van der Waals surface area contributed by atoms with Crippen molar-refractivity contribution in [1.82, 2.24) is 9.71 Å². The fourth-order valence-corrected chi connectivity index (χ4v) is 3.42. The van der Waals surface area contributed by atoms with Gasteiger partial charge in [0.15, 0.2) is 0 Å². The summed E-state index contributed by atoms with van der Waals surface area (Å²) in [5.74, 6) is 0.355. The summed E-state index contributed by atoms with van der Waals surface area (Å²) in [5, 5.41) is 0. The SMILES string of the molecule is O=S(=O)(NCC1CCOCC1)c1cncc(Br)c1. The molecule has 7 heteroatoms. The van der Waals surface area contributed by atoms with Crippen molar-refractivity contribution in [3.05, 3.63) is 22.9 Å². The van der Waals surface area contributed by atoms with Gasteiger partial charge in [-0.1, -0.05) is 0 Å². The van der Waals surface area contributed by atoms with Crippen molar-refractivity contribution < 1.29 is 13.2 Å². The van der Waals surface area contributed by atoms with E-state index in [1.54, 1.807) is 12.3 Å². The zero-order valence-electron chi connectivity index (χ0n) is 9.80. The van der Waals surface area contributed by atoms with Crippen LogP contribution in [0.4, 0.5) is 0 Å². The standard InChI is InChI=1S/C11H15BrN2O3S/c12-10-5-11(8-13-7-10)18(15,16)14-6-9-1-3-17-4-2-9/h5,7-9,14H,1-4,6H2. The summed E-state index contributed by atoms with van der Waals surface area (Å²) in [6.45, 7) is 1.88. The van der Waals surface area contributed by atoms with E-state index < -0.39 is 10.0 Å². The first-order valence-corrected chi connectivity index (χ1v) is 8.03. The minimum absolute atomic E-state index is 0.184. The van der Waals surface area contributed by atoms with Crippen LogP contribution in [0.25, 0.3) is 0 Å². The molecule has 0 saturated carbocycles. The Labute approximate surface area is 115 Å². The molecule has 0 amide bonds. The molecule has 0 spiro atoms. The normalized spacial score (nSPS) is 17.8. The van der Waals surface area contributed by atoms with Gasteiger partial charge in [-0.25, -0.2) is 13.1 Å². The second-order valence-electron chi connectivity index (χ2n) is 4.25. The molecule has 0 atom stereocenters. The molecule has 18 heavy (non-hydrogen) atoms. The maximum absolute atomic E-state index is 12.0. The lowest BCUT2D eigenvalue weighted by atomic mass is 10.0. The van der Waals surface area contributed by atoms with E-state index in [0.29, 0.717) is 30.1 Å². The Morgan fingerprint density at radius 3 is 2.78 bits per heavy atom. The van der Waals surface area contributed by atoms with Gasteiger partial charge in [0, 0.05) is 36.6 Å². The lowest BCUT2D eigenvalue weighted by molar-refractivity contribution is 0.0678. The highest BCUT2D eigenvalue weighted by molar-refractivity contribution is 9.10. The second kappa shape index (κ2) is 6.10. The summed E-state index contributed by atoms with van der Waals surface area (Å²) < 4.78 is 32.6. The maximum atomic E-state index is 12.0. The fraction of sp³-hybridized carbons (Fsp3) is 0.545. The van der Waals surface area contributed by atoms with E-state index in [1.807, 2.05) is 0 Å². The van der Waals surface area contributed by atoms with Gasteiger partial charge in [-0.05, 0) is 40.8 Å². The first-order valence-electron chi connectivity index (χ1n) is 5.76. The van der Waals surface area contributed by atoms with Gasteiger partial charge in [0.25, 0.3) is 0 Å². The predicted molar refractivity (Wildman–Crippen MR) is 70.7 cm³/mol. The molecule has 0 radical (unpaired) electrons. The zero-order valence-corrected chi connectivity index (χ0v) is 12.2. The van der Waals surface area contributed by atoms with E-state index in [1.165, 1.54) is 6.20 Å². The quantitative estimate of drug-likeness (QED) is 0.907. The highest BCUT2D eigenvalue weighted by atomic mass is 79.9. The van der Waals surface area contributed by atoms with Crippen molar-refractivity contribution in [3.63, 3.8) is 0 Å². The van der Waals surface area contributed by atoms with Gasteiger partial charge < -0.3 is 4.74 Å². The van der Waals surface area contributed by atoms with Gasteiger partial charge in [0.05, 0.1) is 0 Å². The Bertz CT molecular complexity index is 501. The van der Waals surface area contributed by atoms with E-state index in [0.717, 1.165) is 12.8 Å². The smallest absolute Gasteiger partial charge is 0.242 e. The van der Waals surface area contributed by atoms with Gasteiger partial charge in [-0.3, -0.25) is 4.98 Å². The number of ether oxygens (including phenoxy) is 1. The summed E-state index contributed by atoms with van der Waals surface area (Å²) in [6, 6.07) is 1.54. The molecule has 0 bridgehead atoms. The molecule has 1 aromatic heterocycles. The molecule has 1 aromatic rings. The summed E-state index contributed by atoms with van der Waals surface area (Å²) in [5.41, 5.74) is 0. The van der Waals surface area contributed by atoms with Crippen LogP contribution in [0.2, 0.25) is 0 Å². The molecule has 1 aliphatic heterocycles. The van der Waals surface area contributed by atoms with Crippen LogP contribution in [-0.2, 0) is 14.8 Å². The van der Waals surface area contributed by atoms with Crippen molar-refractivity contribution in [3.8, 4) is 0 Å². The molecule has 2 rings (SSSR count). The molecule has 0 unspecified atom stereocenters. The third-order valence-corrected chi connectivity index (χ3v) is 4.72. The van der Waals surface area contributed by atoms with Gasteiger partial charge in [0.2, 0.25) is 10.0 Å². The molecule has 2 heterocycles. The maximum Gasteiger partial charge on any atom is 0.242 e. The van der Waals surface area contributed by atoms with E-state index in [-0.39, 0.29) is 4.90 Å². The Kier molecular flexibility index (Phi) is 4.71. The molecule has 100 valence electrons. The third kappa shape index (κ3) is 3.74. The minimum Gasteiger partial charge on any atom is -0.381 e. The lowest BCUT2D eigenvalue weighted by Crippen LogP contribution is -2.32. The van der Waals surface area contributed by atoms with Gasteiger partial charge in [-0.15, -0.1) is 0 Å². The molecule has 1 N–H and O–H groups in total. The van der Waals surface area contributed by atoms with Crippen molar-refractivity contribution in [2.45, 2.75) is 17.7 Å². The van der Waals surface area contributed by atoms with Crippen molar-refractivity contribution in [2.75, 3.05) is 19.8 Å². The zero-order chi connectivity index (χ0) is 13.0. The largest absolute Gasteiger partial charge is 0.381 e. The lowest BCUT2D eigenvalue weighted by Gasteiger charge is -2.22. The van der Waals surface area contributed by atoms with Crippen LogP contribution in [0.15, 0.2) is 27.8 Å². The van der Waals surface area contributed by atoms with Gasteiger partial charge >= 0.3 is 0 Å². The number of aromatic nitrogens is 1. The van der Waals surface area contributed by atoms with Crippen LogP contribution in [-0.4, -0.2) is 33.2 Å². The predicted octanol–water partition coefficient (Wildman–Crippen LogP) is 1.55. The minimum atomic E-state index is -3.47. The second-order valence-corrected chi connectivity index (χ2v) is 6.93. The van der Waals surface area contributed by atoms with Crippen molar-refractivity contribution in [1.29, 1.82) is 0 Å². The number of hydrogen-bond donors (Lipinski definition) is 1. The fourth-order valence-electron chi connectivity index (χ4n) is 1.80. The number of hydrogen-bond acceptors (Lipinski definition) is 4. The number of nitrogens with one attached hydrogen (secondary N) is 1. The number of nitrogens with zero attached hydrogens (tertiary/aromatic N) is 1. The summed E-state index contributed by atoms with van der Waals surface area (Å²) >= 11 is 3.21. The van der Waals surface area contributed by atoms with Crippen molar-refractivity contribution in [2.24, 2.45) is 5.92 Å². The summed E-state index contributed by atoms with van der Waals surface area (Å²) in [6.07, 6.45) is 4.70. The number of sulfonamides is 1. The van der Waals surface area contributed by atoms with Gasteiger partial charge in [0.1, 0.15) is 4.90 Å². The third-order valence-electron chi connectivity index (χ3n) is 2.89. The summed E-state index contributed by atoms with van der Waals surface area (Å²) in [4.78, 5) is 4.04. The van der Waals surface area contributed by atoms with Crippen LogP contribution in [0.1, 0.15) is 12.8 Å². The molecular weight excluding hydrogens is 320 g/mol. The average Bonchev–Trinajstić information content (AvgIpc) is 2.38. The molecule has 1 fully saturated rings. The van der Waals surface area contributed by atoms with Crippen LogP contribution in [0.3, 0.4) is 0 Å². The average molecular weight is 335 g/mol. The molecule has 0 aromatic carbocycles. The highest BCUT2D eigenvalue weighted by Crippen LogP contribution is 2.16. The van der Waals surface area contributed by atoms with E-state index in [4.69, 9.17) is 4.74 Å². The molecule has 1 saturated heterocycles. The first-order chi connectivity index (χ1) is 8.58. The van der Waals surface area contributed by atoms with Crippen LogP contribution >= 0.6 is 15.9 Å². The first kappa shape index (κ1) is 13.9. The van der Waals surface area contributed by atoms with Crippen LogP contribution in [0.5, 0.6) is 0 Å². The summed E-state index contributed by atoms with van der Waals surface area (Å²) in [7, 11) is -3.47. The number of rotatable bonds is 4. The van der Waals surface area contributed by atoms with Crippen LogP contribution < -0.4 is 4.72 Å². The number of halogens is 1. The highest BCUT2D eigenvalue weighted by Gasteiger charge is 2.19. The Hall–Kier alpha value is -0.500. The topological polar surface area (TPSA) is 68.3 Å². The van der Waals surface area contributed by atoms with E-state index >= 15 is 0 Å². The monoisotopic (exact) mass is 334 g/mol. The van der Waals surface area contributed by atoms with Crippen LogP contribution in [0, 0.1) is 5.92 Å². The molecular formula is C11H15BrN2O3S. The van der Waals surface area contributed by atoms with E-state index in [9.17, 15) is 8.42 Å². The molecule has 0 aliphatic carbocycles. The molecule has 1 aliphatic rings. The van der Waals surface area contributed by atoms with E-state index in [2.05, 4.69) is 25.6 Å². The van der Waals surface area contributed by atoms with Gasteiger partial charge in [-0.2, -0.15) is 0 Å². The Morgan fingerprint density at radius 2 is 2.11 bits per heavy atom. The van der Waals surface area contributed by atoms with Crippen molar-refractivity contribution >= 4 is 26.0 Å². The number of pyridine rings is 1. The Morgan fingerprint density at radius 1 is 1.39 bits per heavy atom. The Balaban J connectivity index is 1.98. The molecule has 5 nitrogen and oxygen atoms in total.